The molecule has 20 heavy (non-hydrogen) atoms. The van der Waals surface area contributed by atoms with Crippen LogP contribution in [0.15, 0.2) is 30.5 Å². The van der Waals surface area contributed by atoms with Crippen LogP contribution in [0, 0.1) is 0 Å². The van der Waals surface area contributed by atoms with Gasteiger partial charge in [-0.3, -0.25) is 9.69 Å². The Balaban J connectivity index is 1.44. The van der Waals surface area contributed by atoms with Crippen LogP contribution < -0.4 is 5.32 Å². The summed E-state index contributed by atoms with van der Waals surface area (Å²) in [6, 6.07) is 8.94. The molecule has 2 aliphatic rings. The van der Waals surface area contributed by atoms with E-state index in [1.165, 1.54) is 12.8 Å². The maximum atomic E-state index is 12.3. The van der Waals surface area contributed by atoms with Crippen molar-refractivity contribution < 1.29 is 4.79 Å². The molecule has 2 aromatic rings. The molecule has 0 spiro atoms. The van der Waals surface area contributed by atoms with Crippen molar-refractivity contribution >= 4 is 16.8 Å². The van der Waals surface area contributed by atoms with Gasteiger partial charge in [-0.1, -0.05) is 6.07 Å². The minimum absolute atomic E-state index is 0.0455. The molecule has 1 amide bonds. The number of benzene rings is 1. The highest BCUT2D eigenvalue weighted by molar-refractivity contribution is 5.98. The molecule has 2 fully saturated rings. The average molecular weight is 269 g/mol. The van der Waals surface area contributed by atoms with E-state index in [-0.39, 0.29) is 5.91 Å². The van der Waals surface area contributed by atoms with E-state index in [4.69, 9.17) is 0 Å². The number of aromatic amines is 1. The molecule has 4 rings (SSSR count). The molecule has 4 nitrogen and oxygen atoms in total. The van der Waals surface area contributed by atoms with E-state index in [2.05, 4.69) is 15.2 Å². The van der Waals surface area contributed by atoms with Gasteiger partial charge in [0.25, 0.3) is 5.91 Å². The van der Waals surface area contributed by atoms with Crippen LogP contribution in [-0.2, 0) is 0 Å². The van der Waals surface area contributed by atoms with Gasteiger partial charge < -0.3 is 10.3 Å². The molecular formula is C16H19N3O. The summed E-state index contributed by atoms with van der Waals surface area (Å²) < 4.78 is 0. The summed E-state index contributed by atoms with van der Waals surface area (Å²) in [6.07, 6.45) is 5.65. The highest BCUT2D eigenvalue weighted by atomic mass is 16.1. The van der Waals surface area contributed by atoms with Gasteiger partial charge in [-0.2, -0.15) is 0 Å². The Morgan fingerprint density at radius 1 is 1.25 bits per heavy atom. The van der Waals surface area contributed by atoms with Crippen LogP contribution >= 0.6 is 0 Å². The number of nitrogens with one attached hydrogen (secondary N) is 2. The number of hydrogen-bond acceptors (Lipinski definition) is 2. The highest BCUT2D eigenvalue weighted by Gasteiger charge is 2.34. The number of amides is 1. The molecule has 1 aromatic carbocycles. The number of H-pyrrole nitrogens is 1. The van der Waals surface area contributed by atoms with E-state index in [0.29, 0.717) is 6.04 Å². The van der Waals surface area contributed by atoms with Crippen LogP contribution in [0.3, 0.4) is 0 Å². The van der Waals surface area contributed by atoms with Gasteiger partial charge in [-0.05, 0) is 42.8 Å². The lowest BCUT2D eigenvalue weighted by Crippen LogP contribution is -2.37. The van der Waals surface area contributed by atoms with Crippen LogP contribution in [0.2, 0.25) is 0 Å². The third kappa shape index (κ3) is 2.20. The largest absolute Gasteiger partial charge is 0.361 e. The molecule has 0 bridgehead atoms. The zero-order valence-electron chi connectivity index (χ0n) is 11.4. The van der Waals surface area contributed by atoms with Crippen molar-refractivity contribution in [3.05, 3.63) is 36.0 Å². The summed E-state index contributed by atoms with van der Waals surface area (Å²) in [4.78, 5) is 18.0. The minimum atomic E-state index is 0.0455. The Morgan fingerprint density at radius 2 is 2.15 bits per heavy atom. The standard InChI is InChI=1S/C16H19N3O/c20-16(12-2-1-11-5-7-17-15(11)9-12)18-13-6-8-19(10-13)14-3-4-14/h1-2,5,7,9,13-14,17H,3-4,6,8,10H2,(H,18,20)/t13-/m1/s1. The van der Waals surface area contributed by atoms with Crippen LogP contribution in [0.5, 0.6) is 0 Å². The van der Waals surface area contributed by atoms with Gasteiger partial charge in [0.2, 0.25) is 0 Å². The van der Waals surface area contributed by atoms with Gasteiger partial charge in [-0.15, -0.1) is 0 Å². The number of carbonyl (C=O) groups is 1. The molecule has 0 unspecified atom stereocenters. The molecule has 1 aromatic heterocycles. The molecule has 2 heterocycles. The number of hydrogen-bond donors (Lipinski definition) is 2. The number of aromatic nitrogens is 1. The first-order valence-electron chi connectivity index (χ1n) is 7.42. The second-order valence-corrected chi connectivity index (χ2v) is 5.96. The average Bonchev–Trinajstić information content (AvgIpc) is 3.02. The summed E-state index contributed by atoms with van der Waals surface area (Å²) in [5.74, 6) is 0.0455. The van der Waals surface area contributed by atoms with E-state index in [9.17, 15) is 4.79 Å². The fourth-order valence-electron chi connectivity index (χ4n) is 3.13. The summed E-state index contributed by atoms with van der Waals surface area (Å²) in [7, 11) is 0. The van der Waals surface area contributed by atoms with Crippen molar-refractivity contribution in [1.82, 2.24) is 15.2 Å². The number of carbonyl (C=O) groups excluding carboxylic acids is 1. The maximum Gasteiger partial charge on any atom is 0.251 e. The Kier molecular flexibility index (Phi) is 2.77. The third-order valence-electron chi connectivity index (χ3n) is 4.44. The molecule has 2 N–H and O–H groups in total. The SMILES string of the molecule is O=C(N[C@@H]1CCN(C2CC2)C1)c1ccc2cc[nH]c2c1. The van der Waals surface area contributed by atoms with Gasteiger partial charge in [0, 0.05) is 42.5 Å². The summed E-state index contributed by atoms with van der Waals surface area (Å²) in [6.45, 7) is 2.15. The minimum Gasteiger partial charge on any atom is -0.361 e. The molecule has 1 atom stereocenters. The highest BCUT2D eigenvalue weighted by Crippen LogP contribution is 2.29. The topological polar surface area (TPSA) is 48.1 Å². The van der Waals surface area contributed by atoms with Crippen LogP contribution in [0.25, 0.3) is 10.9 Å². The molecule has 1 aliphatic heterocycles. The Labute approximate surface area is 118 Å². The number of fused-ring (bicyclic) bond motifs is 1. The molecule has 1 saturated carbocycles. The molecule has 1 saturated heterocycles. The summed E-state index contributed by atoms with van der Waals surface area (Å²) in [5.41, 5.74) is 1.76. The van der Waals surface area contributed by atoms with E-state index in [1.807, 2.05) is 30.5 Å². The van der Waals surface area contributed by atoms with E-state index >= 15 is 0 Å². The van der Waals surface area contributed by atoms with Crippen LogP contribution in [-0.4, -0.2) is 41.0 Å². The van der Waals surface area contributed by atoms with Crippen LogP contribution in [0.4, 0.5) is 0 Å². The predicted octanol–water partition coefficient (Wildman–Crippen LogP) is 2.13. The first-order chi connectivity index (χ1) is 9.79. The lowest BCUT2D eigenvalue weighted by Gasteiger charge is -2.15. The molecule has 1 aliphatic carbocycles. The van der Waals surface area contributed by atoms with Crippen molar-refractivity contribution in [3.63, 3.8) is 0 Å². The van der Waals surface area contributed by atoms with E-state index < -0.39 is 0 Å². The van der Waals surface area contributed by atoms with Crippen molar-refractivity contribution in [3.8, 4) is 0 Å². The monoisotopic (exact) mass is 269 g/mol. The smallest absolute Gasteiger partial charge is 0.251 e. The lowest BCUT2D eigenvalue weighted by atomic mass is 10.1. The Hall–Kier alpha value is -1.81. The molecule has 4 heteroatoms. The number of nitrogens with zero attached hydrogens (tertiary/aromatic N) is 1. The van der Waals surface area contributed by atoms with Crippen molar-refractivity contribution in [2.75, 3.05) is 13.1 Å². The normalized spacial score (nSPS) is 23.3. The van der Waals surface area contributed by atoms with Crippen molar-refractivity contribution in [2.24, 2.45) is 0 Å². The van der Waals surface area contributed by atoms with Gasteiger partial charge >= 0.3 is 0 Å². The summed E-state index contributed by atoms with van der Waals surface area (Å²) >= 11 is 0. The zero-order valence-corrected chi connectivity index (χ0v) is 11.4. The zero-order chi connectivity index (χ0) is 13.5. The third-order valence-corrected chi connectivity index (χ3v) is 4.44. The van der Waals surface area contributed by atoms with E-state index in [0.717, 1.165) is 42.0 Å². The van der Waals surface area contributed by atoms with Gasteiger partial charge in [0.1, 0.15) is 0 Å². The first kappa shape index (κ1) is 12.0. The lowest BCUT2D eigenvalue weighted by molar-refractivity contribution is 0.0937. The summed E-state index contributed by atoms with van der Waals surface area (Å²) in [5, 5.41) is 4.31. The van der Waals surface area contributed by atoms with Gasteiger partial charge in [0.05, 0.1) is 0 Å². The maximum absolute atomic E-state index is 12.3. The van der Waals surface area contributed by atoms with Gasteiger partial charge in [0.15, 0.2) is 0 Å². The molecule has 0 radical (unpaired) electrons. The predicted molar refractivity (Wildman–Crippen MR) is 78.8 cm³/mol. The van der Waals surface area contributed by atoms with Crippen LogP contribution in [0.1, 0.15) is 29.6 Å². The second-order valence-electron chi connectivity index (χ2n) is 5.96. The fraction of sp³-hybridized carbons (Fsp3) is 0.438. The molecular weight excluding hydrogens is 250 g/mol. The quantitative estimate of drug-likeness (QED) is 0.897. The second kappa shape index (κ2) is 4.63. The molecule has 104 valence electrons. The van der Waals surface area contributed by atoms with Crippen molar-refractivity contribution in [2.45, 2.75) is 31.3 Å². The van der Waals surface area contributed by atoms with E-state index in [1.54, 1.807) is 0 Å². The number of rotatable bonds is 3. The number of likely N-dealkylation sites (tertiary alicyclic amines) is 1. The Morgan fingerprint density at radius 3 is 3.00 bits per heavy atom. The van der Waals surface area contributed by atoms with Crippen molar-refractivity contribution in [1.29, 1.82) is 0 Å². The Bertz CT molecular complexity index is 644. The fourth-order valence-corrected chi connectivity index (χ4v) is 3.13. The first-order valence-corrected chi connectivity index (χ1v) is 7.42. The van der Waals surface area contributed by atoms with Gasteiger partial charge in [-0.25, -0.2) is 0 Å².